The number of piperazine rings is 1. The molecular weight excluding hydrogens is 381 g/mol. The van der Waals surface area contributed by atoms with Crippen LogP contribution in [0.15, 0.2) is 54.6 Å². The van der Waals surface area contributed by atoms with Crippen molar-refractivity contribution in [2.24, 2.45) is 0 Å². The van der Waals surface area contributed by atoms with Crippen LogP contribution in [0.5, 0.6) is 0 Å². The van der Waals surface area contributed by atoms with E-state index in [2.05, 4.69) is 17.2 Å². The summed E-state index contributed by atoms with van der Waals surface area (Å²) in [6.07, 6.45) is 0. The van der Waals surface area contributed by atoms with Crippen molar-refractivity contribution in [3.63, 3.8) is 0 Å². The maximum Gasteiger partial charge on any atom is 0.175 e. The molecule has 0 radical (unpaired) electrons. The Hall–Kier alpha value is -2.44. The molecule has 1 aliphatic rings. The van der Waals surface area contributed by atoms with Gasteiger partial charge in [0.15, 0.2) is 9.84 Å². The number of rotatable bonds is 5. The Morgan fingerprint density at radius 3 is 2.61 bits per heavy atom. The summed E-state index contributed by atoms with van der Waals surface area (Å²) in [5, 5.41) is 11.6. The molecular formula is C20H22FN3O3S. The molecule has 28 heavy (non-hydrogen) atoms. The van der Waals surface area contributed by atoms with E-state index in [9.17, 15) is 18.0 Å². The molecule has 1 saturated heterocycles. The molecule has 2 atom stereocenters. The van der Waals surface area contributed by atoms with Gasteiger partial charge in [-0.2, -0.15) is 5.48 Å². The summed E-state index contributed by atoms with van der Waals surface area (Å²) in [6.45, 7) is 1.34. The van der Waals surface area contributed by atoms with E-state index in [0.29, 0.717) is 18.8 Å². The molecule has 0 aliphatic carbocycles. The van der Waals surface area contributed by atoms with Gasteiger partial charge in [-0.1, -0.05) is 30.0 Å². The van der Waals surface area contributed by atoms with Crippen LogP contribution in [-0.4, -0.2) is 50.4 Å². The topological polar surface area (TPSA) is 81.7 Å². The zero-order chi connectivity index (χ0) is 20.0. The standard InChI is InChI=1S/C20H22FN3O3S/c21-17-7-10-19(11-8-17)24-13-12-22-14-20(24)28(26,27)15-18(23-25)9-6-16-4-2-1-3-5-16/h1-5,7-8,10-11,18,20,22-23,25H,12-15H2. The second kappa shape index (κ2) is 9.17. The molecule has 0 bridgehead atoms. The van der Waals surface area contributed by atoms with Crippen molar-refractivity contribution in [3.05, 3.63) is 66.0 Å². The Balaban J connectivity index is 1.79. The molecule has 2 aromatic rings. The lowest BCUT2D eigenvalue weighted by Gasteiger charge is -2.37. The number of halogens is 1. The van der Waals surface area contributed by atoms with E-state index >= 15 is 0 Å². The van der Waals surface area contributed by atoms with E-state index < -0.39 is 21.3 Å². The third-order valence-corrected chi connectivity index (χ3v) is 6.54. The maximum atomic E-state index is 13.2. The fourth-order valence-electron chi connectivity index (χ4n) is 3.07. The number of hydrogen-bond acceptors (Lipinski definition) is 6. The average Bonchev–Trinajstić information content (AvgIpc) is 2.72. The van der Waals surface area contributed by atoms with Crippen molar-refractivity contribution in [1.29, 1.82) is 0 Å². The smallest absolute Gasteiger partial charge is 0.175 e. The van der Waals surface area contributed by atoms with Gasteiger partial charge in [-0.05, 0) is 36.4 Å². The third-order valence-electron chi connectivity index (χ3n) is 4.49. The van der Waals surface area contributed by atoms with Gasteiger partial charge < -0.3 is 15.4 Å². The fraction of sp³-hybridized carbons (Fsp3) is 0.300. The Kier molecular flexibility index (Phi) is 6.65. The van der Waals surface area contributed by atoms with Crippen LogP contribution in [0.2, 0.25) is 0 Å². The van der Waals surface area contributed by atoms with Crippen molar-refractivity contribution in [1.82, 2.24) is 10.8 Å². The molecule has 6 nitrogen and oxygen atoms in total. The van der Waals surface area contributed by atoms with E-state index in [1.165, 1.54) is 12.1 Å². The fourth-order valence-corrected chi connectivity index (χ4v) is 4.91. The minimum absolute atomic E-state index is 0.240. The highest BCUT2D eigenvalue weighted by atomic mass is 32.2. The van der Waals surface area contributed by atoms with Crippen LogP contribution in [0.4, 0.5) is 10.1 Å². The minimum Gasteiger partial charge on any atom is -0.353 e. The first kappa shape index (κ1) is 20.3. The zero-order valence-corrected chi connectivity index (χ0v) is 16.0. The average molecular weight is 403 g/mol. The molecule has 148 valence electrons. The summed E-state index contributed by atoms with van der Waals surface area (Å²) >= 11 is 0. The number of nitrogens with one attached hydrogen (secondary N) is 2. The van der Waals surface area contributed by atoms with Gasteiger partial charge in [0.1, 0.15) is 17.2 Å². The molecule has 1 aliphatic heterocycles. The number of hydrogen-bond donors (Lipinski definition) is 3. The summed E-state index contributed by atoms with van der Waals surface area (Å²) in [5.41, 5.74) is 3.36. The summed E-state index contributed by atoms with van der Waals surface area (Å²) in [7, 11) is -3.66. The Labute approximate surface area is 164 Å². The lowest BCUT2D eigenvalue weighted by atomic mass is 10.2. The number of nitrogens with zero attached hydrogens (tertiary/aromatic N) is 1. The van der Waals surface area contributed by atoms with Crippen LogP contribution in [0.1, 0.15) is 5.56 Å². The molecule has 3 rings (SSSR count). The summed E-state index contributed by atoms with van der Waals surface area (Å²) in [5.74, 6) is 4.90. The number of anilines is 1. The van der Waals surface area contributed by atoms with Crippen LogP contribution in [0.25, 0.3) is 0 Å². The number of benzene rings is 2. The quantitative estimate of drug-likeness (QED) is 0.517. The van der Waals surface area contributed by atoms with Gasteiger partial charge in [-0.15, -0.1) is 0 Å². The number of sulfone groups is 1. The van der Waals surface area contributed by atoms with E-state index in [1.807, 2.05) is 23.7 Å². The third kappa shape index (κ3) is 5.09. The highest BCUT2D eigenvalue weighted by Crippen LogP contribution is 2.22. The first-order chi connectivity index (χ1) is 13.5. The summed E-state index contributed by atoms with van der Waals surface area (Å²) in [4.78, 5) is 1.74. The Morgan fingerprint density at radius 1 is 1.21 bits per heavy atom. The monoisotopic (exact) mass is 403 g/mol. The van der Waals surface area contributed by atoms with E-state index in [4.69, 9.17) is 0 Å². The predicted molar refractivity (Wildman–Crippen MR) is 106 cm³/mol. The lowest BCUT2D eigenvalue weighted by molar-refractivity contribution is 0.153. The minimum atomic E-state index is -3.66. The molecule has 2 unspecified atom stereocenters. The second-order valence-electron chi connectivity index (χ2n) is 6.48. The van der Waals surface area contributed by atoms with Crippen molar-refractivity contribution in [2.75, 3.05) is 30.3 Å². The Bertz CT molecular complexity index is 940. The Morgan fingerprint density at radius 2 is 1.93 bits per heavy atom. The first-order valence-corrected chi connectivity index (χ1v) is 10.6. The molecule has 1 fully saturated rings. The maximum absolute atomic E-state index is 13.2. The SMILES string of the molecule is O=S(=O)(CC(C#Cc1ccccc1)NO)C1CNCCN1c1ccc(F)cc1. The van der Waals surface area contributed by atoms with Crippen LogP contribution >= 0.6 is 0 Å². The highest BCUT2D eigenvalue weighted by Gasteiger charge is 2.35. The van der Waals surface area contributed by atoms with E-state index in [-0.39, 0.29) is 18.1 Å². The number of hydroxylamine groups is 1. The molecule has 0 aromatic heterocycles. The van der Waals surface area contributed by atoms with E-state index in [0.717, 1.165) is 5.56 Å². The zero-order valence-electron chi connectivity index (χ0n) is 15.2. The first-order valence-electron chi connectivity index (χ1n) is 8.90. The van der Waals surface area contributed by atoms with E-state index in [1.54, 1.807) is 29.2 Å². The molecule has 0 spiro atoms. The van der Waals surface area contributed by atoms with Crippen LogP contribution < -0.4 is 15.7 Å². The van der Waals surface area contributed by atoms with Crippen LogP contribution in [0.3, 0.4) is 0 Å². The summed E-state index contributed by atoms with van der Waals surface area (Å²) < 4.78 is 39.3. The molecule has 0 amide bonds. The second-order valence-corrected chi connectivity index (χ2v) is 8.68. The van der Waals surface area contributed by atoms with Gasteiger partial charge in [-0.25, -0.2) is 12.8 Å². The van der Waals surface area contributed by atoms with Gasteiger partial charge in [-0.3, -0.25) is 0 Å². The van der Waals surface area contributed by atoms with Gasteiger partial charge in [0.05, 0.1) is 5.75 Å². The van der Waals surface area contributed by atoms with Gasteiger partial charge in [0, 0.05) is 30.9 Å². The molecule has 8 heteroatoms. The van der Waals surface area contributed by atoms with Crippen LogP contribution in [0, 0.1) is 17.7 Å². The van der Waals surface area contributed by atoms with Crippen molar-refractivity contribution >= 4 is 15.5 Å². The molecule has 1 heterocycles. The lowest BCUT2D eigenvalue weighted by Crippen LogP contribution is -2.56. The van der Waals surface area contributed by atoms with Gasteiger partial charge >= 0.3 is 0 Å². The predicted octanol–water partition coefficient (Wildman–Crippen LogP) is 1.38. The van der Waals surface area contributed by atoms with Crippen molar-refractivity contribution < 1.29 is 18.0 Å². The van der Waals surface area contributed by atoms with Gasteiger partial charge in [0.25, 0.3) is 0 Å². The largest absolute Gasteiger partial charge is 0.353 e. The van der Waals surface area contributed by atoms with Crippen LogP contribution in [-0.2, 0) is 9.84 Å². The van der Waals surface area contributed by atoms with Gasteiger partial charge in [0.2, 0.25) is 0 Å². The molecule has 0 saturated carbocycles. The summed E-state index contributed by atoms with van der Waals surface area (Å²) in [6, 6.07) is 14.0. The van der Waals surface area contributed by atoms with Crippen molar-refractivity contribution in [3.8, 4) is 11.8 Å². The molecule has 2 aromatic carbocycles. The highest BCUT2D eigenvalue weighted by molar-refractivity contribution is 7.92. The normalized spacial score (nSPS) is 18.2. The molecule has 3 N–H and O–H groups in total. The van der Waals surface area contributed by atoms with Crippen molar-refractivity contribution in [2.45, 2.75) is 11.4 Å².